The van der Waals surface area contributed by atoms with Gasteiger partial charge in [0.1, 0.15) is 6.10 Å². The van der Waals surface area contributed by atoms with Crippen LogP contribution >= 0.6 is 44.5 Å². The molecule has 15 heavy (non-hydrogen) atoms. The van der Waals surface area contributed by atoms with Gasteiger partial charge in [-0.2, -0.15) is 12.6 Å². The van der Waals surface area contributed by atoms with E-state index >= 15 is 0 Å². The van der Waals surface area contributed by atoms with Crippen LogP contribution in [0.1, 0.15) is 18.1 Å². The summed E-state index contributed by atoms with van der Waals surface area (Å²) in [5, 5.41) is 19.5. The van der Waals surface area contributed by atoms with E-state index < -0.39 is 12.2 Å². The number of hydrogen-bond acceptors (Lipinski definition) is 3. The van der Waals surface area contributed by atoms with E-state index in [-0.39, 0.29) is 0 Å². The van der Waals surface area contributed by atoms with Crippen LogP contribution in [0.4, 0.5) is 0 Å². The van der Waals surface area contributed by atoms with Gasteiger partial charge in [0.25, 0.3) is 0 Å². The van der Waals surface area contributed by atoms with Crippen LogP contribution in [0.5, 0.6) is 0 Å². The molecule has 0 spiro atoms. The summed E-state index contributed by atoms with van der Waals surface area (Å²) in [7, 11) is 0. The minimum atomic E-state index is -0.885. The maximum Gasteiger partial charge on any atom is 0.106 e. The Labute approximate surface area is 111 Å². The number of aliphatic hydroxyl groups excluding tert-OH is 2. The standard InChI is InChI=1S/C10H12Br2O2S/c11-6-1-2-8(12)7(5-6)10(14)9(13)3-4-15/h1-2,5,9-10,13-15H,3-4H2. The van der Waals surface area contributed by atoms with Gasteiger partial charge in [0.05, 0.1) is 6.10 Å². The number of thiol groups is 1. The molecule has 0 amide bonds. The second-order valence-corrected chi connectivity index (χ2v) is 5.41. The van der Waals surface area contributed by atoms with Crippen molar-refractivity contribution in [3.8, 4) is 0 Å². The van der Waals surface area contributed by atoms with Gasteiger partial charge in [-0.1, -0.05) is 31.9 Å². The predicted octanol–water partition coefficient (Wildman–Crippen LogP) is 2.93. The van der Waals surface area contributed by atoms with Crippen LogP contribution < -0.4 is 0 Å². The maximum absolute atomic E-state index is 9.89. The highest BCUT2D eigenvalue weighted by atomic mass is 79.9. The van der Waals surface area contributed by atoms with E-state index in [1.54, 1.807) is 6.07 Å². The molecule has 0 saturated heterocycles. The van der Waals surface area contributed by atoms with E-state index in [4.69, 9.17) is 0 Å². The third-order valence-electron chi connectivity index (χ3n) is 2.07. The molecule has 2 nitrogen and oxygen atoms in total. The Kier molecular flexibility index (Phi) is 5.63. The highest BCUT2D eigenvalue weighted by molar-refractivity contribution is 9.11. The van der Waals surface area contributed by atoms with Crippen molar-refractivity contribution in [2.24, 2.45) is 0 Å². The first-order valence-electron chi connectivity index (χ1n) is 4.48. The molecule has 0 heterocycles. The van der Waals surface area contributed by atoms with Crippen molar-refractivity contribution >= 4 is 44.5 Å². The van der Waals surface area contributed by atoms with E-state index in [1.165, 1.54) is 0 Å². The molecule has 0 saturated carbocycles. The lowest BCUT2D eigenvalue weighted by Gasteiger charge is -2.18. The molecule has 1 aromatic rings. The molecule has 0 bridgehead atoms. The maximum atomic E-state index is 9.89. The summed E-state index contributed by atoms with van der Waals surface area (Å²) in [6, 6.07) is 5.48. The topological polar surface area (TPSA) is 40.5 Å². The van der Waals surface area contributed by atoms with Gasteiger partial charge in [0.2, 0.25) is 0 Å². The summed E-state index contributed by atoms with van der Waals surface area (Å²) in [5.41, 5.74) is 0.679. The normalized spacial score (nSPS) is 15.0. The average Bonchev–Trinajstić information content (AvgIpc) is 2.21. The molecule has 84 valence electrons. The van der Waals surface area contributed by atoms with E-state index in [2.05, 4.69) is 44.5 Å². The lowest BCUT2D eigenvalue weighted by Crippen LogP contribution is -2.19. The van der Waals surface area contributed by atoms with E-state index in [9.17, 15) is 10.2 Å². The minimum Gasteiger partial charge on any atom is -0.390 e. The molecule has 2 atom stereocenters. The van der Waals surface area contributed by atoms with Crippen molar-refractivity contribution in [3.05, 3.63) is 32.7 Å². The molecule has 0 aliphatic carbocycles. The number of halogens is 2. The van der Waals surface area contributed by atoms with Gasteiger partial charge in [-0.3, -0.25) is 0 Å². The van der Waals surface area contributed by atoms with Crippen LogP contribution in [0, 0.1) is 0 Å². The van der Waals surface area contributed by atoms with Crippen molar-refractivity contribution in [1.82, 2.24) is 0 Å². The third-order valence-corrected chi connectivity index (χ3v) is 3.54. The Balaban J connectivity index is 2.89. The third kappa shape index (κ3) is 3.75. The number of benzene rings is 1. The Morgan fingerprint density at radius 1 is 1.27 bits per heavy atom. The van der Waals surface area contributed by atoms with Gasteiger partial charge in [-0.05, 0) is 35.9 Å². The molecular weight excluding hydrogens is 344 g/mol. The quantitative estimate of drug-likeness (QED) is 0.727. The lowest BCUT2D eigenvalue weighted by molar-refractivity contribution is 0.0168. The van der Waals surface area contributed by atoms with Gasteiger partial charge < -0.3 is 10.2 Å². The van der Waals surface area contributed by atoms with Gasteiger partial charge in [-0.25, -0.2) is 0 Å². The molecule has 0 radical (unpaired) electrons. The SMILES string of the molecule is OC(CCS)C(O)c1cc(Br)ccc1Br. The molecule has 2 unspecified atom stereocenters. The first-order chi connectivity index (χ1) is 7.06. The van der Waals surface area contributed by atoms with E-state index in [0.717, 1.165) is 8.95 Å². The molecule has 5 heteroatoms. The first-order valence-corrected chi connectivity index (χ1v) is 6.70. The van der Waals surface area contributed by atoms with E-state index in [1.807, 2.05) is 12.1 Å². The van der Waals surface area contributed by atoms with Crippen LogP contribution in [0.25, 0.3) is 0 Å². The van der Waals surface area contributed by atoms with Gasteiger partial charge in [-0.15, -0.1) is 0 Å². The smallest absolute Gasteiger partial charge is 0.106 e. The zero-order valence-electron chi connectivity index (χ0n) is 7.90. The molecule has 2 N–H and O–H groups in total. The van der Waals surface area contributed by atoms with Crippen LogP contribution in [0.3, 0.4) is 0 Å². The van der Waals surface area contributed by atoms with Crippen LogP contribution in [0.2, 0.25) is 0 Å². The molecule has 0 aliphatic heterocycles. The first kappa shape index (κ1) is 13.5. The molecule has 0 fully saturated rings. The van der Waals surface area contributed by atoms with Gasteiger partial charge in [0.15, 0.2) is 0 Å². The summed E-state index contributed by atoms with van der Waals surface area (Å²) in [6.07, 6.45) is -1.21. The lowest BCUT2D eigenvalue weighted by atomic mass is 10.0. The molecule has 0 aromatic heterocycles. The Morgan fingerprint density at radius 2 is 1.93 bits per heavy atom. The zero-order chi connectivity index (χ0) is 11.4. The van der Waals surface area contributed by atoms with Crippen molar-refractivity contribution in [3.63, 3.8) is 0 Å². The van der Waals surface area contributed by atoms with Crippen molar-refractivity contribution in [2.45, 2.75) is 18.6 Å². The Bertz CT molecular complexity index is 333. The number of hydrogen-bond donors (Lipinski definition) is 3. The number of rotatable bonds is 4. The highest BCUT2D eigenvalue weighted by Crippen LogP contribution is 2.29. The van der Waals surface area contributed by atoms with Crippen LogP contribution in [-0.2, 0) is 0 Å². The van der Waals surface area contributed by atoms with Crippen molar-refractivity contribution < 1.29 is 10.2 Å². The summed E-state index contributed by atoms with van der Waals surface area (Å²) < 4.78 is 1.66. The minimum absolute atomic E-state index is 0.462. The number of aliphatic hydroxyl groups is 2. The second-order valence-electron chi connectivity index (χ2n) is 3.19. The van der Waals surface area contributed by atoms with Gasteiger partial charge in [0, 0.05) is 8.95 Å². The van der Waals surface area contributed by atoms with Crippen LogP contribution in [-0.4, -0.2) is 22.1 Å². The fourth-order valence-corrected chi connectivity index (χ4v) is 2.36. The summed E-state index contributed by atoms with van der Waals surface area (Å²) >= 11 is 10.7. The molecular formula is C10H12Br2O2S. The Morgan fingerprint density at radius 3 is 2.53 bits per heavy atom. The van der Waals surface area contributed by atoms with Gasteiger partial charge >= 0.3 is 0 Å². The largest absolute Gasteiger partial charge is 0.390 e. The summed E-state index contributed by atoms with van der Waals surface area (Å²) in [5.74, 6) is 0.545. The fraction of sp³-hybridized carbons (Fsp3) is 0.400. The average molecular weight is 356 g/mol. The van der Waals surface area contributed by atoms with Crippen LogP contribution in [0.15, 0.2) is 27.1 Å². The molecule has 0 aliphatic rings. The fourth-order valence-electron chi connectivity index (χ4n) is 1.24. The summed E-state index contributed by atoms with van der Waals surface area (Å²) in [4.78, 5) is 0. The highest BCUT2D eigenvalue weighted by Gasteiger charge is 2.19. The van der Waals surface area contributed by atoms with Crippen molar-refractivity contribution in [2.75, 3.05) is 5.75 Å². The van der Waals surface area contributed by atoms with Crippen molar-refractivity contribution in [1.29, 1.82) is 0 Å². The molecule has 1 aromatic carbocycles. The monoisotopic (exact) mass is 354 g/mol. The Hall–Kier alpha value is 0.450. The summed E-state index contributed by atoms with van der Waals surface area (Å²) in [6.45, 7) is 0. The predicted molar refractivity (Wildman–Crippen MR) is 71.3 cm³/mol. The molecule has 1 rings (SSSR count). The second kappa shape index (κ2) is 6.25. The zero-order valence-corrected chi connectivity index (χ0v) is 12.0. The van der Waals surface area contributed by atoms with E-state index in [0.29, 0.717) is 17.7 Å².